The van der Waals surface area contributed by atoms with E-state index in [0.717, 1.165) is 38.5 Å². The number of hydrogen-bond donors (Lipinski definition) is 3. The van der Waals surface area contributed by atoms with Gasteiger partial charge in [0.25, 0.3) is 0 Å². The molecule has 0 spiro atoms. The second-order valence-corrected chi connectivity index (χ2v) is 19.7. The molecule has 0 bridgehead atoms. The molecule has 1 atom stereocenters. The summed E-state index contributed by atoms with van der Waals surface area (Å²) in [5.74, 6) is -0.792. The summed E-state index contributed by atoms with van der Waals surface area (Å²) in [4.78, 5) is 39.8. The van der Waals surface area contributed by atoms with Crippen molar-refractivity contribution in [1.82, 2.24) is 10.6 Å². The first-order valence-electron chi connectivity index (χ1n) is 25.5. The maximum Gasteiger partial charge on any atom is 0.330 e. The summed E-state index contributed by atoms with van der Waals surface area (Å²) in [7, 11) is 0. The van der Waals surface area contributed by atoms with Crippen LogP contribution in [0.3, 0.4) is 0 Å². The third-order valence-electron chi connectivity index (χ3n) is 12.6. The van der Waals surface area contributed by atoms with Gasteiger partial charge in [0.05, 0.1) is 23.2 Å². The fraction of sp³-hybridized carbons (Fsp3) is 0.941. The van der Waals surface area contributed by atoms with Crippen molar-refractivity contribution < 1.29 is 29.0 Å². The highest BCUT2D eigenvalue weighted by Crippen LogP contribution is 2.52. The zero-order valence-corrected chi connectivity index (χ0v) is 39.9. The highest BCUT2D eigenvalue weighted by molar-refractivity contribution is 5.87. The summed E-state index contributed by atoms with van der Waals surface area (Å²) >= 11 is 0. The molecule has 59 heavy (non-hydrogen) atoms. The van der Waals surface area contributed by atoms with Crippen LogP contribution in [0.1, 0.15) is 266 Å². The van der Waals surface area contributed by atoms with E-state index in [-0.39, 0.29) is 25.0 Å². The number of aliphatic hydroxyl groups excluding tert-OH is 1. The van der Waals surface area contributed by atoms with E-state index in [0.29, 0.717) is 32.3 Å². The van der Waals surface area contributed by atoms with Gasteiger partial charge in [-0.25, -0.2) is 4.79 Å². The van der Waals surface area contributed by atoms with Crippen LogP contribution in [0.5, 0.6) is 0 Å². The lowest BCUT2D eigenvalue weighted by atomic mass is 9.60. The third-order valence-corrected chi connectivity index (χ3v) is 12.6. The normalized spacial score (nSPS) is 18.4. The number of aliphatic hydroxyl groups is 1. The number of esters is 1. The molecule has 2 amide bonds. The van der Waals surface area contributed by atoms with Crippen LogP contribution in [-0.2, 0) is 23.9 Å². The van der Waals surface area contributed by atoms with Crippen molar-refractivity contribution in [3.8, 4) is 0 Å². The van der Waals surface area contributed by atoms with Gasteiger partial charge in [-0.3, -0.25) is 9.59 Å². The summed E-state index contributed by atoms with van der Waals surface area (Å²) in [5.41, 5.74) is -1.58. The van der Waals surface area contributed by atoms with Gasteiger partial charge in [0.1, 0.15) is 6.04 Å². The fourth-order valence-corrected chi connectivity index (χ4v) is 9.27. The van der Waals surface area contributed by atoms with Gasteiger partial charge in [-0.15, -0.1) is 0 Å². The monoisotopic (exact) mass is 835 g/mol. The van der Waals surface area contributed by atoms with Gasteiger partial charge in [0.2, 0.25) is 11.8 Å². The molecular weight excluding hydrogens is 737 g/mol. The average molecular weight is 835 g/mol. The standard InChI is InChI=1S/C51H98N2O6/c1-7-9-11-13-15-17-19-21-23-25-27-29-31-33-35-37-41-58-47(56)45(42-52-48(57)50(5)43-51(6,44-50)59-49(3,4)39-40-54)53-46(55)38-36-34-32-30-28-26-24-22-20-18-16-14-12-10-8-2/h45,54H,7-44H2,1-6H3,(H,52,57)(H,53,55). The van der Waals surface area contributed by atoms with Gasteiger partial charge in [0.15, 0.2) is 0 Å². The Labute approximate surface area is 365 Å². The van der Waals surface area contributed by atoms with E-state index in [9.17, 15) is 19.5 Å². The van der Waals surface area contributed by atoms with Gasteiger partial charge in [-0.05, 0) is 52.9 Å². The molecular formula is C51H98N2O6. The lowest BCUT2D eigenvalue weighted by Gasteiger charge is -2.54. The fourth-order valence-electron chi connectivity index (χ4n) is 9.27. The van der Waals surface area contributed by atoms with E-state index < -0.39 is 28.6 Å². The van der Waals surface area contributed by atoms with Crippen molar-refractivity contribution in [3.05, 3.63) is 0 Å². The Morgan fingerprint density at radius 3 is 1.36 bits per heavy atom. The first kappa shape index (κ1) is 55.3. The zero-order chi connectivity index (χ0) is 43.5. The SMILES string of the molecule is CCCCCCCCCCCCCCCCCCOC(=O)C(CNC(=O)C1(C)CC(C)(OC(C)(C)CCO)C1)NC(=O)CCCCCCCCCCCCCCCCC. The number of carbonyl (C=O) groups excluding carboxylic acids is 3. The molecule has 1 unspecified atom stereocenters. The smallest absolute Gasteiger partial charge is 0.330 e. The van der Waals surface area contributed by atoms with Crippen molar-refractivity contribution in [3.63, 3.8) is 0 Å². The summed E-state index contributed by atoms with van der Waals surface area (Å²) in [5, 5.41) is 15.3. The highest BCUT2D eigenvalue weighted by atomic mass is 16.5. The van der Waals surface area contributed by atoms with E-state index in [1.165, 1.54) is 161 Å². The van der Waals surface area contributed by atoms with E-state index in [1.807, 2.05) is 27.7 Å². The quantitative estimate of drug-likeness (QED) is 0.0417. The van der Waals surface area contributed by atoms with Crippen molar-refractivity contribution in [2.45, 2.75) is 284 Å². The molecule has 0 heterocycles. The number of unbranched alkanes of at least 4 members (excludes halogenated alkanes) is 29. The maximum absolute atomic E-state index is 13.4. The second kappa shape index (κ2) is 34.9. The molecule has 348 valence electrons. The van der Waals surface area contributed by atoms with E-state index in [4.69, 9.17) is 9.47 Å². The van der Waals surface area contributed by atoms with Crippen LogP contribution in [0.4, 0.5) is 0 Å². The minimum absolute atomic E-state index is 0.00435. The Bertz CT molecular complexity index is 1040. The topological polar surface area (TPSA) is 114 Å². The molecule has 0 aliphatic heterocycles. The Morgan fingerprint density at radius 2 is 0.966 bits per heavy atom. The van der Waals surface area contributed by atoms with Crippen LogP contribution in [-0.4, -0.2) is 59.9 Å². The highest BCUT2D eigenvalue weighted by Gasteiger charge is 2.55. The molecule has 1 aliphatic carbocycles. The lowest BCUT2D eigenvalue weighted by Crippen LogP contribution is -2.60. The number of hydrogen-bond acceptors (Lipinski definition) is 6. The first-order valence-corrected chi connectivity index (χ1v) is 25.5. The maximum atomic E-state index is 13.4. The Hall–Kier alpha value is -1.67. The molecule has 1 saturated carbocycles. The molecule has 1 fully saturated rings. The summed E-state index contributed by atoms with van der Waals surface area (Å²) < 4.78 is 12.0. The van der Waals surface area contributed by atoms with Gasteiger partial charge in [0, 0.05) is 19.6 Å². The van der Waals surface area contributed by atoms with Crippen LogP contribution in [0, 0.1) is 5.41 Å². The molecule has 3 N–H and O–H groups in total. The van der Waals surface area contributed by atoms with Crippen molar-refractivity contribution in [2.75, 3.05) is 19.8 Å². The van der Waals surface area contributed by atoms with Crippen molar-refractivity contribution in [1.29, 1.82) is 0 Å². The lowest BCUT2D eigenvalue weighted by molar-refractivity contribution is -0.215. The largest absolute Gasteiger partial charge is 0.464 e. The molecule has 1 aliphatic rings. The third kappa shape index (κ3) is 29.3. The summed E-state index contributed by atoms with van der Waals surface area (Å²) in [6, 6.07) is -0.918. The van der Waals surface area contributed by atoms with E-state index in [1.54, 1.807) is 0 Å². The number of ether oxygens (including phenoxy) is 2. The van der Waals surface area contributed by atoms with Gasteiger partial charge in [-0.2, -0.15) is 0 Å². The Morgan fingerprint density at radius 1 is 0.593 bits per heavy atom. The molecule has 0 radical (unpaired) electrons. The molecule has 8 nitrogen and oxygen atoms in total. The van der Waals surface area contributed by atoms with Crippen molar-refractivity contribution in [2.24, 2.45) is 5.41 Å². The van der Waals surface area contributed by atoms with Gasteiger partial charge < -0.3 is 25.2 Å². The van der Waals surface area contributed by atoms with Gasteiger partial charge in [-0.1, -0.05) is 207 Å². The first-order chi connectivity index (χ1) is 28.4. The average Bonchev–Trinajstić information content (AvgIpc) is 3.17. The summed E-state index contributed by atoms with van der Waals surface area (Å²) in [6.07, 6.45) is 41.6. The van der Waals surface area contributed by atoms with Gasteiger partial charge >= 0.3 is 5.97 Å². The summed E-state index contributed by atoms with van der Waals surface area (Å²) in [6.45, 7) is 12.8. The number of carbonyl (C=O) groups is 3. The van der Waals surface area contributed by atoms with Crippen LogP contribution in [0.25, 0.3) is 0 Å². The molecule has 1 rings (SSSR count). The molecule has 0 aromatic carbocycles. The zero-order valence-electron chi connectivity index (χ0n) is 39.9. The molecule has 0 saturated heterocycles. The van der Waals surface area contributed by atoms with Crippen LogP contribution < -0.4 is 10.6 Å². The van der Waals surface area contributed by atoms with Crippen LogP contribution in [0.2, 0.25) is 0 Å². The molecule has 0 aromatic heterocycles. The van der Waals surface area contributed by atoms with Crippen molar-refractivity contribution >= 4 is 17.8 Å². The predicted molar refractivity (Wildman–Crippen MR) is 248 cm³/mol. The Balaban J connectivity index is 2.39. The Kier molecular flexibility index (Phi) is 32.7. The molecule has 0 aromatic rings. The number of nitrogens with one attached hydrogen (secondary N) is 2. The van der Waals surface area contributed by atoms with Crippen LogP contribution >= 0.6 is 0 Å². The number of rotatable bonds is 42. The molecule has 8 heteroatoms. The minimum Gasteiger partial charge on any atom is -0.464 e. The van der Waals surface area contributed by atoms with Crippen LogP contribution in [0.15, 0.2) is 0 Å². The number of amides is 2. The minimum atomic E-state index is -0.918. The van der Waals surface area contributed by atoms with E-state index >= 15 is 0 Å². The second-order valence-electron chi connectivity index (χ2n) is 19.7. The predicted octanol–water partition coefficient (Wildman–Crippen LogP) is 13.4. The van der Waals surface area contributed by atoms with E-state index in [2.05, 4.69) is 24.5 Å².